The van der Waals surface area contributed by atoms with Crippen LogP contribution in [0.15, 0.2) is 50.8 Å². The molecule has 28 heteroatoms. The molecule has 3 aromatic rings. The molecule has 0 aliphatic heterocycles. The Hall–Kier alpha value is -8.77. The minimum Gasteiger partial charge on any atom is -0.395 e. The van der Waals surface area contributed by atoms with Crippen LogP contribution in [0.2, 0.25) is 0 Å². The lowest BCUT2D eigenvalue weighted by atomic mass is 9.72. The van der Waals surface area contributed by atoms with Crippen LogP contribution in [0.3, 0.4) is 0 Å². The predicted molar refractivity (Wildman–Crippen MR) is 300 cm³/mol. The van der Waals surface area contributed by atoms with Crippen LogP contribution >= 0.6 is 0 Å². The summed E-state index contributed by atoms with van der Waals surface area (Å²) in [5.41, 5.74) is -10.3. The number of rotatable bonds is 24. The van der Waals surface area contributed by atoms with Gasteiger partial charge in [-0.25, -0.2) is 85.2 Å². The number of benzene rings is 3. The summed E-state index contributed by atoms with van der Waals surface area (Å²) >= 11 is 0. The molecule has 0 saturated carbocycles. The fourth-order valence-electron chi connectivity index (χ4n) is 10.9. The SMILES string of the molecule is [C-]#[N+]C1=C(NCCOCCN(CCOCCNC2=C(C#N)/C(=C(\C#N)c3c(F)c(F)c(F)c(F)c3F)CC(C)(C)C2)CCOCCNC2=C([N+]#[C-])/C(=C(\[N+]#[C-])c3c(F)c(F)c(F)c(F)c3F)CC(C)(C)C2)CC(C)(C)C/C1=C(/[N+]#[C-])c1c(F)c(F)c(F)c(F)c1F. The second-order valence-electron chi connectivity index (χ2n) is 23.5. The number of allylic oxidation sites excluding steroid dienone is 8. The van der Waals surface area contributed by atoms with Crippen molar-refractivity contribution in [1.29, 1.82) is 10.5 Å². The van der Waals surface area contributed by atoms with Crippen molar-refractivity contribution in [2.24, 2.45) is 16.2 Å². The zero-order valence-electron chi connectivity index (χ0n) is 49.8. The standard InChI is InChI=1S/C63H57F15N10O3/c1-61(2)23-31(35(30-80)39-42(64)48(70)54(76)49(71)43(39)65)34(29-79)36(26-61)85-11-17-89-20-14-88(15-21-90-18-12-86-37-27-62(3,4)24-32(57(37)81-7)59(83-9)40-44(66)50(72)55(77)51(73)45(40)67)16-22-91-19-13-87-38-28-63(5,6)25-33(58(38)82-8)60(84-10)41-46(68)52(74)56(78)53(75)47(41)69/h85-87H,11-28H2,1-6H3/b35-31+,59-32-,60-33-. The van der Waals surface area contributed by atoms with Gasteiger partial charge in [0.05, 0.1) is 93.8 Å². The fraction of sp³-hybridized carbons (Fsp3) is 0.429. The van der Waals surface area contributed by atoms with Gasteiger partial charge in [0.15, 0.2) is 104 Å². The Morgan fingerprint density at radius 1 is 0.418 bits per heavy atom. The van der Waals surface area contributed by atoms with Crippen LogP contribution in [0, 0.1) is 152 Å². The molecule has 3 N–H and O–H groups in total. The summed E-state index contributed by atoms with van der Waals surface area (Å²) in [6.07, 6.45) is 0.105. The fourth-order valence-corrected chi connectivity index (χ4v) is 10.9. The van der Waals surface area contributed by atoms with Gasteiger partial charge in [-0.15, -0.1) is 0 Å². The number of nitrogens with one attached hydrogen (secondary N) is 3. The molecule has 0 fully saturated rings. The average molecular weight is 1290 g/mol. The third-order valence-corrected chi connectivity index (χ3v) is 15.0. The first-order chi connectivity index (χ1) is 42.9. The van der Waals surface area contributed by atoms with E-state index in [-0.39, 0.29) is 168 Å². The lowest BCUT2D eigenvalue weighted by Gasteiger charge is -2.34. The zero-order valence-corrected chi connectivity index (χ0v) is 49.8. The van der Waals surface area contributed by atoms with Gasteiger partial charge in [-0.05, 0) is 71.5 Å². The topological polar surface area (TPSA) is 132 Å². The summed E-state index contributed by atoms with van der Waals surface area (Å²) in [5.74, 6) is -34.2. The third kappa shape index (κ3) is 15.7. The van der Waals surface area contributed by atoms with Gasteiger partial charge in [0, 0.05) is 56.4 Å². The van der Waals surface area contributed by atoms with Crippen LogP contribution in [0.4, 0.5) is 65.9 Å². The molecule has 0 atom stereocenters. The van der Waals surface area contributed by atoms with E-state index < -0.39 is 137 Å². The lowest BCUT2D eigenvalue weighted by Crippen LogP contribution is -2.35. The number of halogens is 15. The van der Waals surface area contributed by atoms with Crippen LogP contribution < -0.4 is 16.0 Å². The molecular weight excluding hydrogens is 1230 g/mol. The summed E-state index contributed by atoms with van der Waals surface area (Å²) in [6.45, 7) is 42.4. The van der Waals surface area contributed by atoms with Gasteiger partial charge in [-0.3, -0.25) is 4.90 Å². The molecule has 3 aliphatic rings. The van der Waals surface area contributed by atoms with Gasteiger partial charge in [0.2, 0.25) is 5.82 Å². The van der Waals surface area contributed by atoms with Crippen molar-refractivity contribution < 1.29 is 80.1 Å². The van der Waals surface area contributed by atoms with Gasteiger partial charge >= 0.3 is 0 Å². The molecule has 0 amide bonds. The molecule has 91 heavy (non-hydrogen) atoms. The number of ether oxygens (including phenoxy) is 3. The zero-order chi connectivity index (χ0) is 67.6. The Morgan fingerprint density at radius 2 is 0.703 bits per heavy atom. The highest BCUT2D eigenvalue weighted by atomic mass is 19.2. The van der Waals surface area contributed by atoms with Gasteiger partial charge in [0.1, 0.15) is 12.1 Å². The van der Waals surface area contributed by atoms with Gasteiger partial charge in [0.25, 0.3) is 0 Å². The molecule has 0 saturated heterocycles. The molecule has 13 nitrogen and oxygen atoms in total. The minimum absolute atomic E-state index is 0.0134. The maximum absolute atomic E-state index is 15.0. The van der Waals surface area contributed by atoms with E-state index >= 15 is 26.3 Å². The highest BCUT2D eigenvalue weighted by Crippen LogP contribution is 2.49. The molecule has 6 rings (SSSR count). The van der Waals surface area contributed by atoms with Crippen molar-refractivity contribution in [3.63, 3.8) is 0 Å². The van der Waals surface area contributed by atoms with E-state index in [1.165, 1.54) is 6.07 Å². The van der Waals surface area contributed by atoms with Crippen LogP contribution in [0.1, 0.15) is 96.8 Å². The Kier molecular flexibility index (Phi) is 23.4. The molecular formula is C63H57F15N10O3. The van der Waals surface area contributed by atoms with E-state index in [1.807, 2.05) is 11.0 Å². The van der Waals surface area contributed by atoms with Crippen LogP contribution in [0.5, 0.6) is 0 Å². The highest BCUT2D eigenvalue weighted by Gasteiger charge is 2.40. The number of nitriles is 2. The van der Waals surface area contributed by atoms with Crippen LogP contribution in [-0.4, -0.2) is 83.8 Å². The van der Waals surface area contributed by atoms with Gasteiger partial charge < -0.3 is 30.2 Å². The van der Waals surface area contributed by atoms with Gasteiger partial charge in [-0.1, -0.05) is 41.5 Å². The lowest BCUT2D eigenvalue weighted by molar-refractivity contribution is 0.0548. The molecule has 0 radical (unpaired) electrons. The van der Waals surface area contributed by atoms with E-state index in [2.05, 4.69) is 35.3 Å². The molecule has 3 aromatic carbocycles. The van der Waals surface area contributed by atoms with Gasteiger partial charge in [-0.2, -0.15) is 10.5 Å². The predicted octanol–water partition coefficient (Wildman–Crippen LogP) is 14.3. The molecule has 3 aliphatic carbocycles. The normalized spacial score (nSPS) is 17.8. The van der Waals surface area contributed by atoms with Crippen molar-refractivity contribution in [3.8, 4) is 12.1 Å². The summed E-state index contributed by atoms with van der Waals surface area (Å²) in [7, 11) is 0. The molecule has 482 valence electrons. The first-order valence-electron chi connectivity index (χ1n) is 27.8. The van der Waals surface area contributed by atoms with Crippen molar-refractivity contribution >= 4 is 17.0 Å². The summed E-state index contributed by atoms with van der Waals surface area (Å²) in [4.78, 5) is 15.1. The maximum atomic E-state index is 15.0. The summed E-state index contributed by atoms with van der Waals surface area (Å²) < 4.78 is 236. The first kappa shape index (κ1) is 71.3. The third-order valence-electron chi connectivity index (χ3n) is 15.0. The Bertz CT molecular complexity index is 3400. The van der Waals surface area contributed by atoms with E-state index in [0.717, 1.165) is 0 Å². The van der Waals surface area contributed by atoms with Crippen LogP contribution in [0.25, 0.3) is 36.3 Å². The quantitative estimate of drug-likeness (QED) is 0.0200. The largest absolute Gasteiger partial charge is 0.395 e. The Balaban J connectivity index is 1.15. The average Bonchev–Trinajstić information content (AvgIpc) is 0.796. The first-order valence-corrected chi connectivity index (χ1v) is 27.8. The summed E-state index contributed by atoms with van der Waals surface area (Å²) in [5, 5.41) is 29.4. The van der Waals surface area contributed by atoms with E-state index in [0.29, 0.717) is 0 Å². The second-order valence-corrected chi connectivity index (χ2v) is 23.5. The van der Waals surface area contributed by atoms with E-state index in [9.17, 15) is 50.0 Å². The molecule has 0 heterocycles. The second kappa shape index (κ2) is 29.9. The van der Waals surface area contributed by atoms with Crippen molar-refractivity contribution in [3.05, 3.63) is 200 Å². The van der Waals surface area contributed by atoms with Crippen molar-refractivity contribution in [2.45, 2.75) is 80.1 Å². The number of hydrogen-bond donors (Lipinski definition) is 3. The van der Waals surface area contributed by atoms with E-state index in [4.69, 9.17) is 40.5 Å². The molecule has 0 unspecified atom stereocenters. The number of hydrogen-bond acceptors (Lipinski definition) is 9. The minimum atomic E-state index is -2.43. The Labute approximate surface area is 514 Å². The Morgan fingerprint density at radius 3 is 1.00 bits per heavy atom. The monoisotopic (exact) mass is 1290 g/mol. The van der Waals surface area contributed by atoms with Crippen molar-refractivity contribution in [1.82, 2.24) is 20.9 Å². The molecule has 0 bridgehead atoms. The van der Waals surface area contributed by atoms with E-state index in [1.54, 1.807) is 41.5 Å². The highest BCUT2D eigenvalue weighted by molar-refractivity contribution is 5.85. The van der Waals surface area contributed by atoms with Crippen molar-refractivity contribution in [2.75, 3.05) is 78.9 Å². The number of nitrogens with zero attached hydrogens (tertiary/aromatic N) is 7. The molecule has 0 aromatic heterocycles. The summed E-state index contributed by atoms with van der Waals surface area (Å²) in [6, 6.07) is 3.42. The smallest absolute Gasteiger partial charge is 0.200 e. The molecule has 0 spiro atoms. The maximum Gasteiger partial charge on any atom is 0.200 e. The van der Waals surface area contributed by atoms with Crippen LogP contribution in [-0.2, 0) is 14.2 Å².